The minimum absolute atomic E-state index is 0.00893. The molecule has 3 aromatic rings. The van der Waals surface area contributed by atoms with Crippen molar-refractivity contribution in [3.63, 3.8) is 0 Å². The summed E-state index contributed by atoms with van der Waals surface area (Å²) in [5.74, 6) is 0.279. The zero-order valence-corrected chi connectivity index (χ0v) is 11.8. The number of aromatic nitrogens is 2. The zero-order chi connectivity index (χ0) is 15.7. The van der Waals surface area contributed by atoms with Crippen molar-refractivity contribution in [3.8, 4) is 5.75 Å². The molecule has 0 bridgehead atoms. The number of hydrogen-bond acceptors (Lipinski definition) is 4. The van der Waals surface area contributed by atoms with Gasteiger partial charge in [0, 0.05) is 17.6 Å². The molecule has 3 rings (SSSR count). The highest BCUT2D eigenvalue weighted by molar-refractivity contribution is 7.15. The molecule has 0 spiro atoms. The highest BCUT2D eigenvalue weighted by Crippen LogP contribution is 2.30. The Morgan fingerprint density at radius 1 is 1.23 bits per heavy atom. The van der Waals surface area contributed by atoms with Gasteiger partial charge in [-0.05, 0) is 24.3 Å². The minimum atomic E-state index is -4.38. The van der Waals surface area contributed by atoms with E-state index in [0.29, 0.717) is 10.7 Å². The van der Waals surface area contributed by atoms with Crippen molar-refractivity contribution in [3.05, 3.63) is 63.5 Å². The zero-order valence-electron chi connectivity index (χ0n) is 11.0. The average Bonchev–Trinajstić information content (AvgIpc) is 2.93. The summed E-state index contributed by atoms with van der Waals surface area (Å²) in [5.41, 5.74) is -0.541. The molecule has 4 nitrogen and oxygen atoms in total. The van der Waals surface area contributed by atoms with Crippen molar-refractivity contribution in [1.82, 2.24) is 9.38 Å². The van der Waals surface area contributed by atoms with Crippen LogP contribution >= 0.6 is 11.3 Å². The van der Waals surface area contributed by atoms with Crippen molar-refractivity contribution in [2.45, 2.75) is 12.8 Å². The molecule has 1 aromatic carbocycles. The Morgan fingerprint density at radius 3 is 2.64 bits per heavy atom. The van der Waals surface area contributed by atoms with Crippen LogP contribution in [0.3, 0.4) is 0 Å². The van der Waals surface area contributed by atoms with Crippen molar-refractivity contribution < 1.29 is 17.9 Å². The van der Waals surface area contributed by atoms with Crippen LogP contribution in [-0.4, -0.2) is 9.38 Å². The number of hydrogen-bond donors (Lipinski definition) is 0. The van der Waals surface area contributed by atoms with Crippen LogP contribution in [0.25, 0.3) is 4.96 Å². The van der Waals surface area contributed by atoms with Gasteiger partial charge in [-0.25, -0.2) is 4.98 Å². The van der Waals surface area contributed by atoms with Gasteiger partial charge in [-0.3, -0.25) is 9.20 Å². The molecule has 8 heteroatoms. The van der Waals surface area contributed by atoms with Crippen LogP contribution in [0, 0.1) is 0 Å². The summed E-state index contributed by atoms with van der Waals surface area (Å²) >= 11 is 1.31. The molecular weight excluding hydrogens is 317 g/mol. The molecule has 0 radical (unpaired) electrons. The van der Waals surface area contributed by atoms with E-state index in [1.165, 1.54) is 33.9 Å². The average molecular weight is 326 g/mol. The summed E-state index contributed by atoms with van der Waals surface area (Å²) in [6, 6.07) is 5.70. The predicted molar refractivity (Wildman–Crippen MR) is 75.1 cm³/mol. The summed E-state index contributed by atoms with van der Waals surface area (Å²) < 4.78 is 44.1. The van der Waals surface area contributed by atoms with Crippen molar-refractivity contribution in [1.29, 1.82) is 0 Å². The molecule has 0 atom stereocenters. The van der Waals surface area contributed by atoms with E-state index in [0.717, 1.165) is 12.1 Å². The second kappa shape index (κ2) is 5.45. The summed E-state index contributed by atoms with van der Waals surface area (Å²) in [5, 5.41) is 1.74. The van der Waals surface area contributed by atoms with Gasteiger partial charge in [0.2, 0.25) is 0 Å². The Bertz CT molecular complexity index is 853. The van der Waals surface area contributed by atoms with E-state index < -0.39 is 11.7 Å². The minimum Gasteiger partial charge on any atom is -0.487 e. The van der Waals surface area contributed by atoms with E-state index in [-0.39, 0.29) is 17.9 Å². The Kier molecular flexibility index (Phi) is 3.61. The van der Waals surface area contributed by atoms with E-state index >= 15 is 0 Å². The van der Waals surface area contributed by atoms with Gasteiger partial charge < -0.3 is 4.74 Å². The lowest BCUT2D eigenvalue weighted by Gasteiger charge is -2.09. The number of benzene rings is 1. The molecule has 0 fully saturated rings. The molecule has 0 unspecified atom stereocenters. The Balaban J connectivity index is 1.75. The SMILES string of the molecule is O=c1cc(COc2ccc(C(F)(F)F)cc2)nc2sccn12. The molecule has 0 aliphatic carbocycles. The van der Waals surface area contributed by atoms with Gasteiger partial charge >= 0.3 is 6.18 Å². The molecule has 0 saturated heterocycles. The van der Waals surface area contributed by atoms with Gasteiger partial charge in [0.05, 0.1) is 11.3 Å². The maximum absolute atomic E-state index is 12.4. The topological polar surface area (TPSA) is 43.6 Å². The predicted octanol–water partition coefficient (Wildman–Crippen LogP) is 3.35. The second-order valence-electron chi connectivity index (χ2n) is 4.45. The number of nitrogens with zero attached hydrogens (tertiary/aromatic N) is 2. The first-order valence-corrected chi connectivity index (χ1v) is 7.07. The first-order valence-electron chi connectivity index (χ1n) is 6.19. The molecule has 0 N–H and O–H groups in total. The quantitative estimate of drug-likeness (QED) is 0.741. The molecule has 114 valence electrons. The van der Waals surface area contributed by atoms with Crippen molar-refractivity contribution >= 4 is 16.3 Å². The molecule has 0 saturated carbocycles. The maximum Gasteiger partial charge on any atom is 0.416 e. The highest BCUT2D eigenvalue weighted by atomic mass is 32.1. The first-order chi connectivity index (χ1) is 10.4. The van der Waals surface area contributed by atoms with Crippen molar-refractivity contribution in [2.24, 2.45) is 0 Å². The summed E-state index contributed by atoms with van der Waals surface area (Å²) in [4.78, 5) is 16.6. The molecule has 2 aromatic heterocycles. The van der Waals surface area contributed by atoms with Crippen molar-refractivity contribution in [2.75, 3.05) is 0 Å². The molecule has 0 amide bonds. The fraction of sp³-hybridized carbons (Fsp3) is 0.143. The Morgan fingerprint density at radius 2 is 1.95 bits per heavy atom. The van der Waals surface area contributed by atoms with E-state index in [2.05, 4.69) is 4.98 Å². The van der Waals surface area contributed by atoms with Crippen LogP contribution in [0.15, 0.2) is 46.7 Å². The second-order valence-corrected chi connectivity index (χ2v) is 5.33. The first kappa shape index (κ1) is 14.6. The van der Waals surface area contributed by atoms with Crippen LogP contribution in [-0.2, 0) is 12.8 Å². The molecule has 0 aliphatic heterocycles. The Hall–Kier alpha value is -2.35. The van der Waals surface area contributed by atoms with Gasteiger partial charge in [-0.15, -0.1) is 11.3 Å². The van der Waals surface area contributed by atoms with E-state index in [1.807, 2.05) is 0 Å². The summed E-state index contributed by atoms with van der Waals surface area (Å²) in [6.07, 6.45) is -2.76. The number of fused-ring (bicyclic) bond motifs is 1. The van der Waals surface area contributed by atoms with Crippen LogP contribution in [0.4, 0.5) is 13.2 Å². The number of halogens is 3. The standard InChI is InChI=1S/C14H9F3N2O2S/c15-14(16,17)9-1-3-11(4-2-9)21-8-10-7-12(20)19-5-6-22-13(19)18-10/h1-7H,8H2. The van der Waals surface area contributed by atoms with Gasteiger partial charge in [0.25, 0.3) is 5.56 Å². The van der Waals surface area contributed by atoms with Gasteiger partial charge in [-0.1, -0.05) is 0 Å². The molecular formula is C14H9F3N2O2S. The lowest BCUT2D eigenvalue weighted by molar-refractivity contribution is -0.137. The fourth-order valence-corrected chi connectivity index (χ4v) is 2.60. The maximum atomic E-state index is 12.4. The lowest BCUT2D eigenvalue weighted by atomic mass is 10.2. The van der Waals surface area contributed by atoms with Gasteiger partial charge in [0.15, 0.2) is 4.96 Å². The Labute approximate surface area is 126 Å². The van der Waals surface area contributed by atoms with Crippen LogP contribution in [0.1, 0.15) is 11.3 Å². The van der Waals surface area contributed by atoms with Gasteiger partial charge in [-0.2, -0.15) is 13.2 Å². The summed E-state index contributed by atoms with van der Waals surface area (Å²) in [6.45, 7) is 0.00893. The molecule has 0 aliphatic rings. The van der Waals surface area contributed by atoms with Gasteiger partial charge in [0.1, 0.15) is 12.4 Å². The largest absolute Gasteiger partial charge is 0.487 e. The summed E-state index contributed by atoms with van der Waals surface area (Å²) in [7, 11) is 0. The van der Waals surface area contributed by atoms with Crippen LogP contribution in [0.2, 0.25) is 0 Å². The number of thiazole rings is 1. The van der Waals surface area contributed by atoms with E-state index in [4.69, 9.17) is 4.74 Å². The smallest absolute Gasteiger partial charge is 0.416 e. The van der Waals surface area contributed by atoms with E-state index in [1.54, 1.807) is 11.6 Å². The lowest BCUT2D eigenvalue weighted by Crippen LogP contribution is -2.14. The molecule has 22 heavy (non-hydrogen) atoms. The van der Waals surface area contributed by atoms with Crippen LogP contribution in [0.5, 0.6) is 5.75 Å². The monoisotopic (exact) mass is 326 g/mol. The molecule has 2 heterocycles. The highest BCUT2D eigenvalue weighted by Gasteiger charge is 2.29. The van der Waals surface area contributed by atoms with Crippen LogP contribution < -0.4 is 10.3 Å². The van der Waals surface area contributed by atoms with E-state index in [9.17, 15) is 18.0 Å². The third kappa shape index (κ3) is 2.96. The number of ether oxygens (including phenoxy) is 1. The third-order valence-electron chi connectivity index (χ3n) is 2.92. The third-order valence-corrected chi connectivity index (χ3v) is 3.68. The number of rotatable bonds is 3. The number of alkyl halides is 3. The fourth-order valence-electron chi connectivity index (χ4n) is 1.86. The normalized spacial score (nSPS) is 11.8.